The maximum Gasteiger partial charge on any atom is 0.338 e. The molecule has 0 saturated heterocycles. The lowest BCUT2D eigenvalue weighted by atomic mass is 10.1. The van der Waals surface area contributed by atoms with Crippen molar-refractivity contribution < 1.29 is 19.4 Å². The van der Waals surface area contributed by atoms with E-state index >= 15 is 0 Å². The Balaban J connectivity index is 1.77. The van der Waals surface area contributed by atoms with Crippen LogP contribution in [-0.4, -0.2) is 28.0 Å². The first-order valence-corrected chi connectivity index (χ1v) is 9.48. The van der Waals surface area contributed by atoms with Crippen LogP contribution in [0.1, 0.15) is 48.8 Å². The smallest absolute Gasteiger partial charge is 0.338 e. The fourth-order valence-corrected chi connectivity index (χ4v) is 3.56. The Kier molecular flexibility index (Phi) is 5.99. The number of aromatic nitrogens is 1. The lowest BCUT2D eigenvalue weighted by Gasteiger charge is -2.12. The highest BCUT2D eigenvalue weighted by molar-refractivity contribution is 6.00. The van der Waals surface area contributed by atoms with E-state index in [-0.39, 0.29) is 19.0 Å². The van der Waals surface area contributed by atoms with Crippen LogP contribution in [-0.2, 0) is 11.3 Å². The Morgan fingerprint density at radius 3 is 2.14 bits per heavy atom. The number of ketones is 1. The van der Waals surface area contributed by atoms with E-state index in [9.17, 15) is 9.59 Å². The Labute approximate surface area is 170 Å². The van der Waals surface area contributed by atoms with Gasteiger partial charge in [0.05, 0.1) is 12.2 Å². The van der Waals surface area contributed by atoms with Crippen molar-refractivity contribution in [2.24, 2.45) is 0 Å². The summed E-state index contributed by atoms with van der Waals surface area (Å²) in [6.07, 6.45) is 0. The van der Waals surface area contributed by atoms with Crippen molar-refractivity contribution in [3.63, 3.8) is 0 Å². The number of nitrogens with zero attached hydrogens (tertiary/aromatic N) is 1. The summed E-state index contributed by atoms with van der Waals surface area (Å²) in [4.78, 5) is 24.9. The van der Waals surface area contributed by atoms with E-state index in [4.69, 9.17) is 9.84 Å². The fourth-order valence-electron chi connectivity index (χ4n) is 3.56. The van der Waals surface area contributed by atoms with E-state index in [1.165, 1.54) is 0 Å². The van der Waals surface area contributed by atoms with E-state index in [0.29, 0.717) is 16.7 Å². The van der Waals surface area contributed by atoms with Crippen molar-refractivity contribution in [2.45, 2.75) is 34.3 Å². The van der Waals surface area contributed by atoms with Crippen LogP contribution in [0.2, 0.25) is 0 Å². The molecule has 0 spiro atoms. The van der Waals surface area contributed by atoms with Crippen LogP contribution in [0.15, 0.2) is 48.5 Å². The van der Waals surface area contributed by atoms with Crippen molar-refractivity contribution in [1.82, 2.24) is 4.57 Å². The number of ether oxygens (including phenoxy) is 1. The molecule has 1 heterocycles. The maximum atomic E-state index is 12.7. The van der Waals surface area contributed by atoms with E-state index in [1.807, 2.05) is 38.3 Å². The van der Waals surface area contributed by atoms with Gasteiger partial charge in [-0.15, -0.1) is 0 Å². The second kappa shape index (κ2) is 8.45. The van der Waals surface area contributed by atoms with Crippen molar-refractivity contribution in [1.29, 1.82) is 0 Å². The first-order chi connectivity index (χ1) is 13.8. The summed E-state index contributed by atoms with van der Waals surface area (Å²) in [6.45, 7) is 7.53. The molecule has 0 fully saturated rings. The van der Waals surface area contributed by atoms with Gasteiger partial charge in [0.2, 0.25) is 5.78 Å². The van der Waals surface area contributed by atoms with Crippen molar-refractivity contribution in [2.75, 3.05) is 6.61 Å². The molecule has 0 atom stereocenters. The summed E-state index contributed by atoms with van der Waals surface area (Å²) >= 11 is 0. The number of Topliss-reactive ketones (excluding diaryl/α,β-unsaturated/α-hetero) is 1. The van der Waals surface area contributed by atoms with E-state index < -0.39 is 5.97 Å². The Hall–Kier alpha value is -3.18. The lowest BCUT2D eigenvalue weighted by molar-refractivity contribution is 0.0474. The molecular formula is C24H25NO4. The minimum Gasteiger partial charge on any atom is -0.454 e. The highest BCUT2D eigenvalue weighted by Crippen LogP contribution is 2.23. The second-order valence-corrected chi connectivity index (χ2v) is 7.32. The molecule has 0 aliphatic heterocycles. The van der Waals surface area contributed by atoms with Gasteiger partial charge in [-0.05, 0) is 74.7 Å². The van der Waals surface area contributed by atoms with E-state index in [0.717, 1.165) is 28.2 Å². The summed E-state index contributed by atoms with van der Waals surface area (Å²) in [7, 11) is 0. The van der Waals surface area contributed by atoms with Gasteiger partial charge in [-0.25, -0.2) is 4.79 Å². The number of aliphatic hydroxyl groups is 1. The van der Waals surface area contributed by atoms with Gasteiger partial charge in [-0.3, -0.25) is 4.79 Å². The van der Waals surface area contributed by atoms with Crippen LogP contribution < -0.4 is 0 Å². The van der Waals surface area contributed by atoms with Gasteiger partial charge < -0.3 is 14.4 Å². The highest BCUT2D eigenvalue weighted by atomic mass is 16.5. The number of rotatable bonds is 6. The minimum absolute atomic E-state index is 0.0934. The predicted molar refractivity (Wildman–Crippen MR) is 112 cm³/mol. The molecule has 0 saturated carbocycles. The van der Waals surface area contributed by atoms with Gasteiger partial charge in [0, 0.05) is 22.6 Å². The third-order valence-electron chi connectivity index (χ3n) is 4.90. The molecule has 1 N–H and O–H groups in total. The van der Waals surface area contributed by atoms with Crippen LogP contribution in [0.3, 0.4) is 0 Å². The first-order valence-electron chi connectivity index (χ1n) is 9.48. The number of carbonyl (C=O) groups excluding carboxylic acids is 2. The van der Waals surface area contributed by atoms with E-state index in [1.54, 1.807) is 24.3 Å². The molecule has 3 rings (SSSR count). The summed E-state index contributed by atoms with van der Waals surface area (Å²) in [5.74, 6) is -0.806. The molecular weight excluding hydrogens is 366 g/mol. The van der Waals surface area contributed by atoms with Crippen LogP contribution >= 0.6 is 0 Å². The van der Waals surface area contributed by atoms with Gasteiger partial charge >= 0.3 is 5.97 Å². The predicted octanol–water partition coefficient (Wildman–Crippen LogP) is 4.24. The standard InChI is InChI=1S/C24H25NO4/c1-15-9-16(2)11-21(10-15)25-17(3)12-22(18(25)4)23(27)14-29-24(28)20-7-5-19(13-26)6-8-20/h5-12,26H,13-14H2,1-4H3. The molecule has 5 nitrogen and oxygen atoms in total. The van der Waals surface area contributed by atoms with Gasteiger partial charge in [-0.1, -0.05) is 18.2 Å². The maximum absolute atomic E-state index is 12.7. The van der Waals surface area contributed by atoms with Gasteiger partial charge in [-0.2, -0.15) is 0 Å². The number of benzene rings is 2. The number of aliphatic hydroxyl groups excluding tert-OH is 1. The SMILES string of the molecule is Cc1cc(C)cc(-n2c(C)cc(C(=O)COC(=O)c3ccc(CO)cc3)c2C)c1. The number of hydrogen-bond acceptors (Lipinski definition) is 4. The second-order valence-electron chi connectivity index (χ2n) is 7.32. The number of carbonyl (C=O) groups is 2. The number of hydrogen-bond donors (Lipinski definition) is 1. The molecule has 0 aliphatic rings. The molecule has 0 unspecified atom stereocenters. The molecule has 0 radical (unpaired) electrons. The third kappa shape index (κ3) is 4.46. The van der Waals surface area contributed by atoms with Crippen molar-refractivity contribution in [3.8, 4) is 5.69 Å². The molecule has 2 aromatic carbocycles. The molecule has 5 heteroatoms. The Morgan fingerprint density at radius 1 is 0.931 bits per heavy atom. The zero-order chi connectivity index (χ0) is 21.1. The topological polar surface area (TPSA) is 68.5 Å². The third-order valence-corrected chi connectivity index (χ3v) is 4.90. The number of aryl methyl sites for hydroxylation is 3. The quantitative estimate of drug-likeness (QED) is 0.504. The average molecular weight is 391 g/mol. The summed E-state index contributed by atoms with van der Waals surface area (Å²) < 4.78 is 7.25. The summed E-state index contributed by atoms with van der Waals surface area (Å²) in [6, 6.07) is 14.5. The molecule has 1 aromatic heterocycles. The molecule has 3 aromatic rings. The summed E-state index contributed by atoms with van der Waals surface area (Å²) in [5, 5.41) is 9.07. The number of esters is 1. The Bertz CT molecular complexity index is 1040. The Morgan fingerprint density at radius 2 is 1.55 bits per heavy atom. The molecule has 0 amide bonds. The molecule has 150 valence electrons. The van der Waals surface area contributed by atoms with Crippen LogP contribution in [0, 0.1) is 27.7 Å². The lowest BCUT2D eigenvalue weighted by Crippen LogP contribution is -2.15. The summed E-state index contributed by atoms with van der Waals surface area (Å²) in [5.41, 5.74) is 6.68. The highest BCUT2D eigenvalue weighted by Gasteiger charge is 2.19. The monoisotopic (exact) mass is 391 g/mol. The minimum atomic E-state index is -0.564. The molecule has 0 bridgehead atoms. The van der Waals surface area contributed by atoms with Gasteiger partial charge in [0.1, 0.15) is 0 Å². The molecule has 0 aliphatic carbocycles. The molecule has 29 heavy (non-hydrogen) atoms. The van der Waals surface area contributed by atoms with Crippen molar-refractivity contribution >= 4 is 11.8 Å². The fraction of sp³-hybridized carbons (Fsp3) is 0.250. The van der Waals surface area contributed by atoms with Gasteiger partial charge in [0.25, 0.3) is 0 Å². The average Bonchev–Trinajstić information content (AvgIpc) is 2.99. The van der Waals surface area contributed by atoms with Crippen molar-refractivity contribution in [3.05, 3.63) is 87.7 Å². The van der Waals surface area contributed by atoms with Gasteiger partial charge in [0.15, 0.2) is 6.61 Å². The first kappa shape index (κ1) is 20.6. The largest absolute Gasteiger partial charge is 0.454 e. The zero-order valence-corrected chi connectivity index (χ0v) is 17.2. The zero-order valence-electron chi connectivity index (χ0n) is 17.2. The van der Waals surface area contributed by atoms with E-state index in [2.05, 4.69) is 18.2 Å². The normalized spacial score (nSPS) is 10.8. The van der Waals surface area contributed by atoms with Crippen LogP contribution in [0.25, 0.3) is 5.69 Å². The van der Waals surface area contributed by atoms with Crippen LogP contribution in [0.5, 0.6) is 0 Å². The van der Waals surface area contributed by atoms with Crippen LogP contribution in [0.4, 0.5) is 0 Å².